The number of carbonyl (C=O) groups excluding carboxylic acids is 2. The molecule has 2 N–H and O–H groups in total. The van der Waals surface area contributed by atoms with Crippen LogP contribution >= 0.6 is 11.6 Å². The van der Waals surface area contributed by atoms with Gasteiger partial charge in [0.25, 0.3) is 0 Å². The maximum Gasteiger partial charge on any atom is 0.327 e. The Labute approximate surface area is 225 Å². The van der Waals surface area contributed by atoms with Crippen LogP contribution in [-0.2, 0) is 4.79 Å². The van der Waals surface area contributed by atoms with E-state index in [4.69, 9.17) is 16.0 Å². The van der Waals surface area contributed by atoms with Gasteiger partial charge in [-0.05, 0) is 67.4 Å². The molecule has 6 rings (SSSR count). The van der Waals surface area contributed by atoms with Gasteiger partial charge in [-0.15, -0.1) is 0 Å². The number of nitrogens with zero attached hydrogens (tertiary/aromatic N) is 1. The number of aryl methyl sites for hydroxylation is 1. The Hall–Kier alpha value is -4.29. The maximum absolute atomic E-state index is 14.1. The Morgan fingerprint density at radius 2 is 1.74 bits per heavy atom. The first-order chi connectivity index (χ1) is 18.5. The number of para-hydroxylation sites is 2. The molecule has 2 unspecified atom stereocenters. The fourth-order valence-electron chi connectivity index (χ4n) is 5.32. The van der Waals surface area contributed by atoms with Gasteiger partial charge in [0.2, 0.25) is 0 Å². The van der Waals surface area contributed by atoms with E-state index in [0.717, 1.165) is 28.3 Å². The predicted molar refractivity (Wildman–Crippen MR) is 150 cm³/mol. The number of ketones is 1. The van der Waals surface area contributed by atoms with Crippen LogP contribution in [0, 0.1) is 6.92 Å². The van der Waals surface area contributed by atoms with Crippen molar-refractivity contribution in [3.63, 3.8) is 0 Å². The number of furan rings is 1. The largest absolute Gasteiger partial charge is 0.469 e. The molecule has 2 aliphatic rings. The zero-order valence-electron chi connectivity index (χ0n) is 20.8. The summed E-state index contributed by atoms with van der Waals surface area (Å²) in [5.74, 6) is 0.664. The van der Waals surface area contributed by atoms with Gasteiger partial charge in [0.1, 0.15) is 5.76 Å². The summed E-state index contributed by atoms with van der Waals surface area (Å²) in [7, 11) is 0. The molecule has 1 aliphatic carbocycles. The van der Waals surface area contributed by atoms with E-state index in [1.807, 2.05) is 79.7 Å². The molecule has 0 bridgehead atoms. The van der Waals surface area contributed by atoms with Gasteiger partial charge in [-0.3, -0.25) is 9.69 Å². The first-order valence-corrected chi connectivity index (χ1v) is 12.9. The van der Waals surface area contributed by atoms with Crippen molar-refractivity contribution in [1.29, 1.82) is 0 Å². The number of anilines is 3. The predicted octanol–water partition coefficient (Wildman–Crippen LogP) is 7.85. The first-order valence-electron chi connectivity index (χ1n) is 12.6. The topological polar surface area (TPSA) is 74.6 Å². The molecule has 0 saturated heterocycles. The smallest absolute Gasteiger partial charge is 0.327 e. The van der Waals surface area contributed by atoms with Gasteiger partial charge in [-0.1, -0.05) is 53.6 Å². The Balaban J connectivity index is 1.51. The molecule has 0 radical (unpaired) electrons. The van der Waals surface area contributed by atoms with Crippen molar-refractivity contribution < 1.29 is 14.0 Å². The molecule has 38 heavy (non-hydrogen) atoms. The van der Waals surface area contributed by atoms with Crippen molar-refractivity contribution in [2.45, 2.75) is 31.7 Å². The number of benzene rings is 3. The van der Waals surface area contributed by atoms with E-state index < -0.39 is 6.04 Å². The normalized spacial score (nSPS) is 18.8. The average molecular weight is 524 g/mol. The van der Waals surface area contributed by atoms with Crippen molar-refractivity contribution in [2.75, 3.05) is 15.5 Å². The van der Waals surface area contributed by atoms with Gasteiger partial charge >= 0.3 is 6.03 Å². The number of carbonyl (C=O) groups is 2. The molecule has 7 heteroatoms. The standard InChI is InChI=1S/C31H26ClN3O3/c1-19-8-14-23(15-9-19)33-31(37)35-26-6-3-2-5-24(26)34-25-17-21(28-7-4-16-38-28)18-27(36)29(25)30(35)20-10-12-22(32)13-11-20/h2-16,21,30,34H,17-18H2,1H3,(H,33,37). The van der Waals surface area contributed by atoms with Crippen LogP contribution in [0.1, 0.15) is 41.7 Å². The van der Waals surface area contributed by atoms with Gasteiger partial charge in [0.05, 0.1) is 23.7 Å². The van der Waals surface area contributed by atoms with Crippen LogP contribution in [0.3, 0.4) is 0 Å². The SMILES string of the molecule is Cc1ccc(NC(=O)N2c3ccccc3NC3=C(C(=O)CC(c4ccco4)C3)C2c2ccc(Cl)cc2)cc1. The Kier molecular flexibility index (Phi) is 6.26. The Morgan fingerprint density at radius 1 is 0.974 bits per heavy atom. The summed E-state index contributed by atoms with van der Waals surface area (Å²) < 4.78 is 5.67. The molecule has 1 aromatic heterocycles. The zero-order chi connectivity index (χ0) is 26.2. The summed E-state index contributed by atoms with van der Waals surface area (Å²) >= 11 is 6.23. The number of allylic oxidation sites excluding steroid dienone is 1. The van der Waals surface area contributed by atoms with Crippen molar-refractivity contribution in [2.24, 2.45) is 0 Å². The van der Waals surface area contributed by atoms with Crippen LogP contribution in [0.5, 0.6) is 0 Å². The third-order valence-corrected chi connectivity index (χ3v) is 7.39. The molecule has 2 heterocycles. The number of urea groups is 1. The van der Waals surface area contributed by atoms with Crippen LogP contribution in [0.25, 0.3) is 0 Å². The van der Waals surface area contributed by atoms with Crippen molar-refractivity contribution in [3.8, 4) is 0 Å². The summed E-state index contributed by atoms with van der Waals surface area (Å²) in [6.45, 7) is 2.00. The highest BCUT2D eigenvalue weighted by Crippen LogP contribution is 2.47. The van der Waals surface area contributed by atoms with Crippen LogP contribution in [-0.4, -0.2) is 11.8 Å². The molecule has 2 atom stereocenters. The number of fused-ring (bicyclic) bond motifs is 1. The molecular formula is C31H26ClN3O3. The lowest BCUT2D eigenvalue weighted by molar-refractivity contribution is -0.116. The Morgan fingerprint density at radius 3 is 2.47 bits per heavy atom. The third kappa shape index (κ3) is 4.48. The summed E-state index contributed by atoms with van der Waals surface area (Å²) in [5, 5.41) is 7.15. The number of rotatable bonds is 3. The van der Waals surface area contributed by atoms with E-state index in [1.54, 1.807) is 23.3 Å². The van der Waals surface area contributed by atoms with Gasteiger partial charge < -0.3 is 15.1 Å². The second kappa shape index (κ2) is 9.88. The quantitative estimate of drug-likeness (QED) is 0.287. The first kappa shape index (κ1) is 24.1. The van der Waals surface area contributed by atoms with Crippen LogP contribution in [0.4, 0.5) is 21.9 Å². The van der Waals surface area contributed by atoms with E-state index in [1.165, 1.54) is 0 Å². The molecule has 4 aromatic rings. The molecule has 1 aliphatic heterocycles. The van der Waals surface area contributed by atoms with Crippen molar-refractivity contribution >= 4 is 40.5 Å². The number of Topliss-reactive ketones (excluding diaryl/α,β-unsaturated/α-hetero) is 1. The third-order valence-electron chi connectivity index (χ3n) is 7.14. The number of hydrogen-bond acceptors (Lipinski definition) is 4. The van der Waals surface area contributed by atoms with Gasteiger partial charge in [-0.2, -0.15) is 0 Å². The van der Waals surface area contributed by atoms with Gasteiger partial charge in [0, 0.05) is 34.3 Å². The highest BCUT2D eigenvalue weighted by molar-refractivity contribution is 6.30. The summed E-state index contributed by atoms with van der Waals surface area (Å²) in [4.78, 5) is 29.7. The maximum atomic E-state index is 14.1. The lowest BCUT2D eigenvalue weighted by atomic mass is 9.80. The van der Waals surface area contributed by atoms with Gasteiger partial charge in [-0.25, -0.2) is 4.79 Å². The second-order valence-electron chi connectivity index (χ2n) is 9.70. The Bertz CT molecular complexity index is 1530. The van der Waals surface area contributed by atoms with E-state index >= 15 is 0 Å². The fraction of sp³-hybridized carbons (Fsp3) is 0.161. The minimum absolute atomic E-state index is 0.0268. The van der Waals surface area contributed by atoms with E-state index in [2.05, 4.69) is 10.6 Å². The lowest BCUT2D eigenvalue weighted by Crippen LogP contribution is -2.41. The summed E-state index contributed by atoms with van der Waals surface area (Å²) in [5.41, 5.74) is 5.36. The van der Waals surface area contributed by atoms with Crippen molar-refractivity contribution in [3.05, 3.63) is 124 Å². The zero-order valence-corrected chi connectivity index (χ0v) is 21.5. The molecule has 6 nitrogen and oxygen atoms in total. The minimum Gasteiger partial charge on any atom is -0.469 e. The van der Waals surface area contributed by atoms with E-state index in [9.17, 15) is 9.59 Å². The van der Waals surface area contributed by atoms with Gasteiger partial charge in [0.15, 0.2) is 5.78 Å². The minimum atomic E-state index is -0.658. The molecule has 3 aromatic carbocycles. The second-order valence-corrected chi connectivity index (χ2v) is 10.1. The highest BCUT2D eigenvalue weighted by Gasteiger charge is 2.42. The monoisotopic (exact) mass is 523 g/mol. The molecule has 190 valence electrons. The van der Waals surface area contributed by atoms with Crippen molar-refractivity contribution in [1.82, 2.24) is 0 Å². The molecule has 0 fully saturated rings. The van der Waals surface area contributed by atoms with Crippen LogP contribution in [0.15, 0.2) is 107 Å². The number of amides is 2. The van der Waals surface area contributed by atoms with Crippen LogP contribution < -0.4 is 15.5 Å². The number of nitrogens with one attached hydrogen (secondary N) is 2. The van der Waals surface area contributed by atoms with E-state index in [-0.39, 0.29) is 17.7 Å². The molecule has 0 spiro atoms. The number of halogens is 1. The molecule has 2 amide bonds. The fourth-order valence-corrected chi connectivity index (χ4v) is 5.45. The molecular weight excluding hydrogens is 498 g/mol. The van der Waals surface area contributed by atoms with E-state index in [0.29, 0.717) is 34.8 Å². The lowest BCUT2D eigenvalue weighted by Gasteiger charge is -2.34. The summed E-state index contributed by atoms with van der Waals surface area (Å²) in [6, 6.07) is 25.4. The molecule has 0 saturated carbocycles. The highest BCUT2D eigenvalue weighted by atomic mass is 35.5. The number of hydrogen-bond donors (Lipinski definition) is 2. The summed E-state index contributed by atoms with van der Waals surface area (Å²) in [6.07, 6.45) is 2.51. The average Bonchev–Trinajstić information content (AvgIpc) is 3.41. The van der Waals surface area contributed by atoms with Crippen LogP contribution in [0.2, 0.25) is 5.02 Å².